The van der Waals surface area contributed by atoms with Crippen LogP contribution in [0.5, 0.6) is 0 Å². The average Bonchev–Trinajstić information content (AvgIpc) is 2.64. The quantitative estimate of drug-likeness (QED) is 0.802. The SMILES string of the molecule is Fc1ccc(CNC(=S)NC2CCN(Cc3ccccc3)CC2)cc1. The van der Waals surface area contributed by atoms with Gasteiger partial charge in [-0.15, -0.1) is 0 Å². The van der Waals surface area contributed by atoms with E-state index in [1.807, 2.05) is 0 Å². The van der Waals surface area contributed by atoms with Gasteiger partial charge in [0.25, 0.3) is 0 Å². The summed E-state index contributed by atoms with van der Waals surface area (Å²) in [6.45, 7) is 3.78. The third-order valence-corrected chi connectivity index (χ3v) is 4.80. The van der Waals surface area contributed by atoms with Crippen LogP contribution in [-0.4, -0.2) is 29.1 Å². The Balaban J connectivity index is 1.36. The molecule has 1 aliphatic heterocycles. The molecule has 0 unspecified atom stereocenters. The maximum atomic E-state index is 12.9. The molecule has 5 heteroatoms. The fourth-order valence-electron chi connectivity index (χ4n) is 3.10. The summed E-state index contributed by atoms with van der Waals surface area (Å²) in [5.74, 6) is -0.216. The van der Waals surface area contributed by atoms with Gasteiger partial charge in [-0.1, -0.05) is 42.5 Å². The van der Waals surface area contributed by atoms with Crippen LogP contribution in [0.4, 0.5) is 4.39 Å². The first-order valence-corrected chi connectivity index (χ1v) is 9.15. The van der Waals surface area contributed by atoms with E-state index in [1.54, 1.807) is 12.1 Å². The van der Waals surface area contributed by atoms with E-state index < -0.39 is 0 Å². The number of nitrogens with one attached hydrogen (secondary N) is 2. The van der Waals surface area contributed by atoms with Crippen LogP contribution >= 0.6 is 12.2 Å². The summed E-state index contributed by atoms with van der Waals surface area (Å²) in [4.78, 5) is 2.49. The van der Waals surface area contributed by atoms with Crippen molar-refractivity contribution < 1.29 is 4.39 Å². The van der Waals surface area contributed by atoms with Gasteiger partial charge in [-0.25, -0.2) is 4.39 Å². The highest BCUT2D eigenvalue weighted by atomic mass is 32.1. The molecule has 1 aliphatic rings. The molecule has 3 nitrogen and oxygen atoms in total. The number of hydrogen-bond donors (Lipinski definition) is 2. The zero-order valence-corrected chi connectivity index (χ0v) is 15.1. The molecule has 0 amide bonds. The fourth-order valence-corrected chi connectivity index (χ4v) is 3.34. The normalized spacial score (nSPS) is 15.7. The van der Waals surface area contributed by atoms with E-state index in [1.165, 1.54) is 17.7 Å². The lowest BCUT2D eigenvalue weighted by atomic mass is 10.0. The van der Waals surface area contributed by atoms with Crippen molar-refractivity contribution in [3.8, 4) is 0 Å². The summed E-state index contributed by atoms with van der Waals surface area (Å²) >= 11 is 5.38. The molecule has 0 bridgehead atoms. The molecule has 0 radical (unpaired) electrons. The third-order valence-electron chi connectivity index (χ3n) is 4.54. The molecule has 2 aromatic rings. The number of thiocarbonyl (C=S) groups is 1. The Morgan fingerprint density at radius 2 is 1.68 bits per heavy atom. The number of benzene rings is 2. The van der Waals surface area contributed by atoms with E-state index in [0.717, 1.165) is 38.0 Å². The topological polar surface area (TPSA) is 27.3 Å². The number of likely N-dealkylation sites (tertiary alicyclic amines) is 1. The molecule has 2 aromatic carbocycles. The maximum absolute atomic E-state index is 12.9. The van der Waals surface area contributed by atoms with Gasteiger partial charge in [-0.05, 0) is 48.3 Å². The second-order valence-corrected chi connectivity index (χ2v) is 6.90. The molecule has 0 saturated carbocycles. The van der Waals surface area contributed by atoms with E-state index in [-0.39, 0.29) is 5.82 Å². The van der Waals surface area contributed by atoms with Crippen LogP contribution in [0.2, 0.25) is 0 Å². The summed E-state index contributed by atoms with van der Waals surface area (Å²) in [6.07, 6.45) is 2.18. The van der Waals surface area contributed by atoms with Crippen LogP contribution in [0.1, 0.15) is 24.0 Å². The Labute approximate surface area is 154 Å². The predicted octanol–water partition coefficient (Wildman–Crippen LogP) is 3.45. The molecule has 0 spiro atoms. The molecule has 3 rings (SSSR count). The van der Waals surface area contributed by atoms with Crippen molar-refractivity contribution in [3.63, 3.8) is 0 Å². The molecule has 1 fully saturated rings. The smallest absolute Gasteiger partial charge is 0.166 e. The minimum absolute atomic E-state index is 0.216. The lowest BCUT2D eigenvalue weighted by Gasteiger charge is -2.33. The van der Waals surface area contributed by atoms with Gasteiger partial charge in [0.05, 0.1) is 0 Å². The van der Waals surface area contributed by atoms with Crippen LogP contribution in [0.3, 0.4) is 0 Å². The number of hydrogen-bond acceptors (Lipinski definition) is 2. The molecule has 1 heterocycles. The highest BCUT2D eigenvalue weighted by molar-refractivity contribution is 7.80. The third kappa shape index (κ3) is 5.80. The van der Waals surface area contributed by atoms with Crippen LogP contribution in [0, 0.1) is 5.82 Å². The summed E-state index contributed by atoms with van der Waals surface area (Å²) in [6, 6.07) is 17.5. The highest BCUT2D eigenvalue weighted by Gasteiger charge is 2.19. The van der Waals surface area contributed by atoms with Crippen molar-refractivity contribution in [1.82, 2.24) is 15.5 Å². The van der Waals surface area contributed by atoms with Crippen molar-refractivity contribution in [2.75, 3.05) is 13.1 Å². The second-order valence-electron chi connectivity index (χ2n) is 6.49. The fraction of sp³-hybridized carbons (Fsp3) is 0.350. The molecule has 132 valence electrons. The number of halogens is 1. The molecular formula is C20H24FN3S. The van der Waals surface area contributed by atoms with Gasteiger partial charge < -0.3 is 10.6 Å². The van der Waals surface area contributed by atoms with Crippen LogP contribution in [-0.2, 0) is 13.1 Å². The minimum Gasteiger partial charge on any atom is -0.360 e. The zero-order chi connectivity index (χ0) is 17.5. The monoisotopic (exact) mass is 357 g/mol. The molecular weight excluding hydrogens is 333 g/mol. The number of piperidine rings is 1. The van der Waals surface area contributed by atoms with Gasteiger partial charge in [0.1, 0.15) is 5.82 Å². The summed E-state index contributed by atoms with van der Waals surface area (Å²) in [5, 5.41) is 7.28. The van der Waals surface area contributed by atoms with Gasteiger partial charge >= 0.3 is 0 Å². The minimum atomic E-state index is -0.216. The first kappa shape index (κ1) is 17.8. The van der Waals surface area contributed by atoms with Crippen LogP contribution < -0.4 is 10.6 Å². The Kier molecular flexibility index (Phi) is 6.36. The highest BCUT2D eigenvalue weighted by Crippen LogP contribution is 2.13. The average molecular weight is 357 g/mol. The molecule has 2 N–H and O–H groups in total. The Hall–Kier alpha value is -1.98. The maximum Gasteiger partial charge on any atom is 0.166 e. The van der Waals surface area contributed by atoms with E-state index in [2.05, 4.69) is 45.9 Å². The van der Waals surface area contributed by atoms with Crippen LogP contribution in [0.15, 0.2) is 54.6 Å². The molecule has 0 aliphatic carbocycles. The van der Waals surface area contributed by atoms with Gasteiger partial charge in [0, 0.05) is 32.2 Å². The molecule has 1 saturated heterocycles. The van der Waals surface area contributed by atoms with Gasteiger partial charge in [-0.2, -0.15) is 0 Å². The first-order chi connectivity index (χ1) is 12.2. The standard InChI is InChI=1S/C20H24FN3S/c21-18-8-6-16(7-9-18)14-22-20(25)23-19-10-12-24(13-11-19)15-17-4-2-1-3-5-17/h1-9,19H,10-15H2,(H2,22,23,25). The summed E-state index contributed by atoms with van der Waals surface area (Å²) < 4.78 is 12.9. The second kappa shape index (κ2) is 8.92. The molecule has 0 aromatic heterocycles. The number of rotatable bonds is 5. The lowest BCUT2D eigenvalue weighted by Crippen LogP contribution is -2.47. The Morgan fingerprint density at radius 3 is 2.36 bits per heavy atom. The van der Waals surface area contributed by atoms with E-state index in [4.69, 9.17) is 12.2 Å². The summed E-state index contributed by atoms with van der Waals surface area (Å²) in [5.41, 5.74) is 2.38. The van der Waals surface area contributed by atoms with Crippen molar-refractivity contribution in [1.29, 1.82) is 0 Å². The van der Waals surface area contributed by atoms with Crippen LogP contribution in [0.25, 0.3) is 0 Å². The van der Waals surface area contributed by atoms with Crippen molar-refractivity contribution >= 4 is 17.3 Å². The Morgan fingerprint density at radius 1 is 1.00 bits per heavy atom. The Bertz CT molecular complexity index is 667. The van der Waals surface area contributed by atoms with E-state index >= 15 is 0 Å². The zero-order valence-electron chi connectivity index (χ0n) is 14.2. The van der Waals surface area contributed by atoms with Crippen molar-refractivity contribution in [3.05, 3.63) is 71.5 Å². The van der Waals surface area contributed by atoms with Gasteiger partial charge in [-0.3, -0.25) is 4.90 Å². The first-order valence-electron chi connectivity index (χ1n) is 8.74. The predicted molar refractivity (Wildman–Crippen MR) is 104 cm³/mol. The largest absolute Gasteiger partial charge is 0.360 e. The van der Waals surface area contributed by atoms with E-state index in [9.17, 15) is 4.39 Å². The summed E-state index contributed by atoms with van der Waals surface area (Å²) in [7, 11) is 0. The lowest BCUT2D eigenvalue weighted by molar-refractivity contribution is 0.199. The van der Waals surface area contributed by atoms with Gasteiger partial charge in [0.2, 0.25) is 0 Å². The number of nitrogens with zero attached hydrogens (tertiary/aromatic N) is 1. The van der Waals surface area contributed by atoms with Crippen molar-refractivity contribution in [2.24, 2.45) is 0 Å². The van der Waals surface area contributed by atoms with Gasteiger partial charge in [0.15, 0.2) is 5.11 Å². The molecule has 25 heavy (non-hydrogen) atoms. The van der Waals surface area contributed by atoms with Crippen molar-refractivity contribution in [2.45, 2.75) is 32.0 Å². The molecule has 0 atom stereocenters. The van der Waals surface area contributed by atoms with E-state index in [0.29, 0.717) is 17.7 Å².